The molecule has 0 saturated heterocycles. The van der Waals surface area contributed by atoms with Gasteiger partial charge in [-0.3, -0.25) is 19.6 Å². The van der Waals surface area contributed by atoms with Gasteiger partial charge in [0, 0.05) is 0 Å². The molecule has 0 N–H and O–H groups in total. The largest absolute Gasteiger partial charge is 0.312 e. The summed E-state index contributed by atoms with van der Waals surface area (Å²) in [4.78, 5) is 23.3. The predicted octanol–water partition coefficient (Wildman–Crippen LogP) is 3.57. The van der Waals surface area contributed by atoms with Gasteiger partial charge in [0.05, 0.1) is 14.1 Å². The second kappa shape index (κ2) is 5.34. The van der Waals surface area contributed by atoms with Crippen molar-refractivity contribution in [1.29, 1.82) is 0 Å². The van der Waals surface area contributed by atoms with Gasteiger partial charge in [-0.25, -0.2) is 0 Å². The molecular weight excluding hydrogens is 302 g/mol. The molecule has 1 unspecified atom stereocenters. The van der Waals surface area contributed by atoms with Gasteiger partial charge in [0.15, 0.2) is 5.78 Å². The Bertz CT molecular complexity index is 692. The van der Waals surface area contributed by atoms with Gasteiger partial charge in [-0.05, 0) is 32.9 Å². The van der Waals surface area contributed by atoms with E-state index < -0.39 is 11.0 Å². The van der Waals surface area contributed by atoms with Gasteiger partial charge in [0.2, 0.25) is 0 Å². The molecule has 2 aromatic heterocycles. The number of Topliss-reactive ketones (excluding diaryl/α,β-unsaturated/α-hetero) is 1. The third kappa shape index (κ3) is 2.46. The van der Waals surface area contributed by atoms with E-state index in [0.717, 1.165) is 0 Å². The van der Waals surface area contributed by atoms with E-state index in [0.29, 0.717) is 20.6 Å². The number of nitro groups is 1. The summed E-state index contributed by atoms with van der Waals surface area (Å²) in [6, 6.07) is 2.68. The first-order valence-electron chi connectivity index (χ1n) is 5.82. The average Bonchev–Trinajstić information content (AvgIpc) is 2.91. The molecule has 0 saturated carbocycles. The molecule has 6 nitrogen and oxygen atoms in total. The van der Waals surface area contributed by atoms with Gasteiger partial charge in [-0.2, -0.15) is 5.10 Å². The molecule has 2 rings (SSSR count). The molecule has 1 atom stereocenters. The summed E-state index contributed by atoms with van der Waals surface area (Å²) in [6.07, 6.45) is 0. The van der Waals surface area contributed by atoms with Crippen molar-refractivity contribution in [2.24, 2.45) is 0 Å². The molecule has 0 aliphatic rings. The number of carbonyl (C=O) groups excluding carboxylic acids is 1. The summed E-state index contributed by atoms with van der Waals surface area (Å²) in [5.41, 5.74) is 0.626. The number of aryl methyl sites for hydroxylation is 1. The molecule has 0 aliphatic carbocycles. The number of halogens is 1. The molecule has 0 spiro atoms. The lowest BCUT2D eigenvalue weighted by molar-refractivity contribution is -0.386. The highest BCUT2D eigenvalue weighted by atomic mass is 35.5. The highest BCUT2D eigenvalue weighted by molar-refractivity contribution is 7.18. The molecule has 20 heavy (non-hydrogen) atoms. The molecule has 0 aromatic carbocycles. The topological polar surface area (TPSA) is 78.0 Å². The predicted molar refractivity (Wildman–Crippen MR) is 76.7 cm³/mol. The Labute approximate surface area is 124 Å². The molecule has 0 bridgehead atoms. The molecule has 2 aromatic rings. The van der Waals surface area contributed by atoms with E-state index >= 15 is 0 Å². The molecule has 0 radical (unpaired) electrons. The van der Waals surface area contributed by atoms with E-state index in [4.69, 9.17) is 11.6 Å². The monoisotopic (exact) mass is 313 g/mol. The number of hydrogen-bond donors (Lipinski definition) is 0. The number of ketones is 1. The van der Waals surface area contributed by atoms with E-state index in [9.17, 15) is 14.9 Å². The van der Waals surface area contributed by atoms with Crippen LogP contribution in [0.15, 0.2) is 12.1 Å². The quantitative estimate of drug-likeness (QED) is 0.491. The van der Waals surface area contributed by atoms with Crippen LogP contribution in [0.5, 0.6) is 0 Å². The van der Waals surface area contributed by atoms with Crippen LogP contribution in [0.3, 0.4) is 0 Å². The van der Waals surface area contributed by atoms with Crippen molar-refractivity contribution >= 4 is 34.4 Å². The number of carbonyl (C=O) groups is 1. The lowest BCUT2D eigenvalue weighted by atomic mass is 10.2. The van der Waals surface area contributed by atoms with Crippen LogP contribution in [0.1, 0.15) is 34.0 Å². The van der Waals surface area contributed by atoms with Gasteiger partial charge in [0.25, 0.3) is 0 Å². The van der Waals surface area contributed by atoms with Crippen molar-refractivity contribution in [2.75, 3.05) is 0 Å². The fourth-order valence-electron chi connectivity index (χ4n) is 2.06. The minimum Gasteiger partial charge on any atom is -0.291 e. The molecule has 0 amide bonds. The maximum atomic E-state index is 12.3. The summed E-state index contributed by atoms with van der Waals surface area (Å²) in [7, 11) is 0. The number of nitrogens with zero attached hydrogens (tertiary/aromatic N) is 3. The fraction of sp³-hybridized carbons (Fsp3) is 0.333. The lowest BCUT2D eigenvalue weighted by Gasteiger charge is -2.11. The summed E-state index contributed by atoms with van der Waals surface area (Å²) < 4.78 is 1.92. The van der Waals surface area contributed by atoms with Gasteiger partial charge in [0.1, 0.15) is 17.4 Å². The van der Waals surface area contributed by atoms with Crippen LogP contribution < -0.4 is 0 Å². The zero-order valence-corrected chi connectivity index (χ0v) is 12.7. The standard InChI is InChI=1S/C12H12ClN3O3S/c1-6-11(16(18)19)7(2)15(14-6)8(3)12(17)9-4-5-10(13)20-9/h4-5,8H,1-3H3. The van der Waals surface area contributed by atoms with Gasteiger partial charge in [-0.1, -0.05) is 11.6 Å². The summed E-state index contributed by atoms with van der Waals surface area (Å²) >= 11 is 6.99. The van der Waals surface area contributed by atoms with E-state index in [1.807, 2.05) is 0 Å². The van der Waals surface area contributed by atoms with Crippen LogP contribution in [-0.2, 0) is 0 Å². The highest BCUT2D eigenvalue weighted by Crippen LogP contribution is 2.29. The maximum Gasteiger partial charge on any atom is 0.312 e. The Balaban J connectivity index is 2.39. The van der Waals surface area contributed by atoms with Gasteiger partial charge in [-0.15, -0.1) is 11.3 Å². The number of aromatic nitrogens is 2. The SMILES string of the molecule is Cc1nn(C(C)C(=O)c2ccc(Cl)s2)c(C)c1[N+](=O)[O-]. The molecule has 0 fully saturated rings. The Kier molecular flexibility index (Phi) is 3.92. The Morgan fingerprint density at radius 2 is 2.15 bits per heavy atom. The first kappa shape index (κ1) is 14.7. The van der Waals surface area contributed by atoms with E-state index in [1.165, 1.54) is 16.0 Å². The van der Waals surface area contributed by atoms with Crippen molar-refractivity contribution in [3.05, 3.63) is 42.8 Å². The summed E-state index contributed by atoms with van der Waals surface area (Å²) in [5.74, 6) is -0.164. The fourth-order valence-corrected chi connectivity index (χ4v) is 3.12. The Morgan fingerprint density at radius 1 is 1.50 bits per heavy atom. The van der Waals surface area contributed by atoms with E-state index in [1.54, 1.807) is 32.9 Å². The second-order valence-corrected chi connectivity index (χ2v) is 6.08. The zero-order chi connectivity index (χ0) is 15.0. The molecule has 0 aliphatic heterocycles. The third-order valence-corrected chi connectivity index (χ3v) is 4.28. The van der Waals surface area contributed by atoms with Crippen molar-refractivity contribution in [2.45, 2.75) is 26.8 Å². The second-order valence-electron chi connectivity index (χ2n) is 4.37. The van der Waals surface area contributed by atoms with Crippen LogP contribution in [0.2, 0.25) is 4.34 Å². The first-order chi connectivity index (χ1) is 9.32. The van der Waals surface area contributed by atoms with Gasteiger partial charge < -0.3 is 0 Å². The average molecular weight is 314 g/mol. The van der Waals surface area contributed by atoms with Crippen molar-refractivity contribution < 1.29 is 9.72 Å². The highest BCUT2D eigenvalue weighted by Gasteiger charge is 2.28. The Hall–Kier alpha value is -1.73. The first-order valence-corrected chi connectivity index (χ1v) is 7.02. The van der Waals surface area contributed by atoms with Crippen LogP contribution in [0, 0.1) is 24.0 Å². The van der Waals surface area contributed by atoms with Crippen molar-refractivity contribution in [3.8, 4) is 0 Å². The minimum absolute atomic E-state index is 0.0474. The Morgan fingerprint density at radius 3 is 2.60 bits per heavy atom. The number of rotatable bonds is 4. The van der Waals surface area contributed by atoms with Crippen molar-refractivity contribution in [1.82, 2.24) is 9.78 Å². The zero-order valence-electron chi connectivity index (χ0n) is 11.1. The molecule has 2 heterocycles. The van der Waals surface area contributed by atoms with E-state index in [-0.39, 0.29) is 11.5 Å². The number of hydrogen-bond acceptors (Lipinski definition) is 5. The van der Waals surface area contributed by atoms with Crippen LogP contribution in [-0.4, -0.2) is 20.5 Å². The van der Waals surface area contributed by atoms with Gasteiger partial charge >= 0.3 is 5.69 Å². The molecule has 8 heteroatoms. The maximum absolute atomic E-state index is 12.3. The lowest BCUT2D eigenvalue weighted by Crippen LogP contribution is -2.18. The number of thiophene rings is 1. The van der Waals surface area contributed by atoms with Crippen LogP contribution in [0.4, 0.5) is 5.69 Å². The molecular formula is C12H12ClN3O3S. The van der Waals surface area contributed by atoms with E-state index in [2.05, 4.69) is 5.10 Å². The smallest absolute Gasteiger partial charge is 0.291 e. The van der Waals surface area contributed by atoms with Crippen LogP contribution in [0.25, 0.3) is 0 Å². The van der Waals surface area contributed by atoms with Crippen LogP contribution >= 0.6 is 22.9 Å². The molecule has 106 valence electrons. The van der Waals surface area contributed by atoms with Crippen molar-refractivity contribution in [3.63, 3.8) is 0 Å². The minimum atomic E-state index is -0.614. The summed E-state index contributed by atoms with van der Waals surface area (Å²) in [5, 5.41) is 15.1. The summed E-state index contributed by atoms with van der Waals surface area (Å²) in [6.45, 7) is 4.81. The third-order valence-electron chi connectivity index (χ3n) is 3.03. The normalized spacial score (nSPS) is 12.4.